The second-order valence-electron chi connectivity index (χ2n) is 5.93. The number of anilines is 2. The van der Waals surface area contributed by atoms with Crippen LogP contribution in [0.4, 0.5) is 24.8 Å². The van der Waals surface area contributed by atoms with Gasteiger partial charge in [0.1, 0.15) is 0 Å². The number of amides is 1. The quantitative estimate of drug-likeness (QED) is 0.730. The summed E-state index contributed by atoms with van der Waals surface area (Å²) in [6.45, 7) is 0.738. The third kappa shape index (κ3) is 5.16. The molecule has 0 bridgehead atoms. The molecule has 3 rings (SSSR count). The zero-order valence-corrected chi connectivity index (χ0v) is 15.6. The molecule has 2 heterocycles. The molecule has 2 N–H and O–H groups in total. The fourth-order valence-electron chi connectivity index (χ4n) is 2.63. The number of carbonyl (C=O) groups is 1. The Bertz CT molecular complexity index is 826. The molecule has 1 amide bonds. The van der Waals surface area contributed by atoms with Gasteiger partial charge in [-0.15, -0.1) is 0 Å². The number of aromatic nitrogens is 2. The molecule has 1 aliphatic heterocycles. The van der Waals surface area contributed by atoms with Crippen LogP contribution in [0.2, 0.25) is 0 Å². The Hall–Kier alpha value is -2.20. The average Bonchev–Trinajstić information content (AvgIpc) is 3.12. The van der Waals surface area contributed by atoms with Crippen LogP contribution in [-0.4, -0.2) is 35.1 Å². The Morgan fingerprint density at radius 2 is 2.19 bits per heavy atom. The third-order valence-electron chi connectivity index (χ3n) is 3.90. The zero-order chi connectivity index (χ0) is 19.4. The molecule has 1 saturated heterocycles. The summed E-state index contributed by atoms with van der Waals surface area (Å²) in [5.74, 6) is -1.14. The van der Waals surface area contributed by atoms with Gasteiger partial charge in [-0.25, -0.2) is 9.97 Å². The van der Waals surface area contributed by atoms with Crippen molar-refractivity contribution in [1.29, 1.82) is 0 Å². The summed E-state index contributed by atoms with van der Waals surface area (Å²) in [7, 11) is 0. The van der Waals surface area contributed by atoms with E-state index in [9.17, 15) is 18.0 Å². The van der Waals surface area contributed by atoms with E-state index in [4.69, 9.17) is 4.74 Å². The van der Waals surface area contributed by atoms with Crippen LogP contribution in [0.3, 0.4) is 0 Å². The van der Waals surface area contributed by atoms with E-state index in [2.05, 4.69) is 36.5 Å². The van der Waals surface area contributed by atoms with Gasteiger partial charge in [0.2, 0.25) is 5.95 Å². The minimum absolute atomic E-state index is 0.147. The van der Waals surface area contributed by atoms with E-state index < -0.39 is 23.3 Å². The summed E-state index contributed by atoms with van der Waals surface area (Å²) in [5, 5.41) is 5.16. The number of nitrogens with zero attached hydrogens (tertiary/aromatic N) is 2. The van der Waals surface area contributed by atoms with Gasteiger partial charge >= 0.3 is 6.18 Å². The first kappa shape index (κ1) is 19.6. The highest BCUT2D eigenvalue weighted by atomic mass is 79.9. The molecule has 1 aromatic heterocycles. The van der Waals surface area contributed by atoms with Crippen molar-refractivity contribution in [1.82, 2.24) is 15.3 Å². The highest BCUT2D eigenvalue weighted by Gasteiger charge is 2.38. The number of ether oxygens (including phenoxy) is 1. The van der Waals surface area contributed by atoms with Crippen molar-refractivity contribution in [3.63, 3.8) is 0 Å². The lowest BCUT2D eigenvalue weighted by Crippen LogP contribution is -2.33. The summed E-state index contributed by atoms with van der Waals surface area (Å²) in [6, 6.07) is 6.81. The standard InChI is InChI=1S/C17H16BrF3N4O2/c18-10-3-1-4-11(7-10)24-16-23-9-13(14(25-16)17(19,20)21)15(26)22-8-12-5-2-6-27-12/h1,3-4,7,9,12H,2,5-6,8H2,(H,22,26)(H,23,24,25)/t12-/m0/s1. The summed E-state index contributed by atoms with van der Waals surface area (Å²) in [6.07, 6.45) is -2.47. The van der Waals surface area contributed by atoms with E-state index in [-0.39, 0.29) is 18.6 Å². The van der Waals surface area contributed by atoms with Crippen molar-refractivity contribution in [3.8, 4) is 0 Å². The highest BCUT2D eigenvalue weighted by Crippen LogP contribution is 2.31. The van der Waals surface area contributed by atoms with Crippen LogP contribution in [0, 0.1) is 0 Å². The normalized spacial score (nSPS) is 17.0. The molecular formula is C17H16BrF3N4O2. The SMILES string of the molecule is O=C(NC[C@@H]1CCCO1)c1cnc(Nc2cccc(Br)c2)nc1C(F)(F)F. The Labute approximate surface area is 161 Å². The number of benzene rings is 1. The van der Waals surface area contributed by atoms with Crippen molar-refractivity contribution in [2.75, 3.05) is 18.5 Å². The molecule has 0 unspecified atom stereocenters. The topological polar surface area (TPSA) is 76.1 Å². The minimum atomic E-state index is -4.80. The van der Waals surface area contributed by atoms with E-state index in [0.29, 0.717) is 12.3 Å². The van der Waals surface area contributed by atoms with Gasteiger partial charge in [0.15, 0.2) is 5.69 Å². The van der Waals surface area contributed by atoms with Gasteiger partial charge in [0.05, 0.1) is 11.7 Å². The van der Waals surface area contributed by atoms with Crippen LogP contribution in [0.15, 0.2) is 34.9 Å². The minimum Gasteiger partial charge on any atom is -0.376 e. The fourth-order valence-corrected chi connectivity index (χ4v) is 3.03. The summed E-state index contributed by atoms with van der Waals surface area (Å²) >= 11 is 3.27. The van der Waals surface area contributed by atoms with Crippen LogP contribution in [0.25, 0.3) is 0 Å². The van der Waals surface area contributed by atoms with Gasteiger partial charge in [-0.2, -0.15) is 13.2 Å². The number of nitrogens with one attached hydrogen (secondary N) is 2. The number of hydrogen-bond acceptors (Lipinski definition) is 5. The summed E-state index contributed by atoms with van der Waals surface area (Å²) in [5.41, 5.74) is -1.41. The zero-order valence-electron chi connectivity index (χ0n) is 14.0. The van der Waals surface area contributed by atoms with Gasteiger partial charge in [-0.3, -0.25) is 4.79 Å². The molecule has 27 heavy (non-hydrogen) atoms. The van der Waals surface area contributed by atoms with Crippen LogP contribution in [0.5, 0.6) is 0 Å². The van der Waals surface area contributed by atoms with Gasteiger partial charge in [0.25, 0.3) is 5.91 Å². The molecule has 1 atom stereocenters. The Morgan fingerprint density at radius 1 is 1.37 bits per heavy atom. The van der Waals surface area contributed by atoms with Crippen molar-refractivity contribution in [2.45, 2.75) is 25.1 Å². The molecule has 6 nitrogen and oxygen atoms in total. The lowest BCUT2D eigenvalue weighted by Gasteiger charge is -2.15. The van der Waals surface area contributed by atoms with E-state index >= 15 is 0 Å². The van der Waals surface area contributed by atoms with Crippen molar-refractivity contribution < 1.29 is 22.7 Å². The second-order valence-corrected chi connectivity index (χ2v) is 6.85. The predicted molar refractivity (Wildman–Crippen MR) is 95.8 cm³/mol. The number of rotatable bonds is 5. The summed E-state index contributed by atoms with van der Waals surface area (Å²) < 4.78 is 46.3. The van der Waals surface area contributed by atoms with Crippen LogP contribution < -0.4 is 10.6 Å². The predicted octanol–water partition coefficient (Wildman–Crippen LogP) is 3.91. The van der Waals surface area contributed by atoms with Gasteiger partial charge in [-0.1, -0.05) is 22.0 Å². The van der Waals surface area contributed by atoms with Gasteiger partial charge in [-0.05, 0) is 31.0 Å². The number of hydrogen-bond donors (Lipinski definition) is 2. The maximum absolute atomic E-state index is 13.4. The molecule has 144 valence electrons. The largest absolute Gasteiger partial charge is 0.434 e. The van der Waals surface area contributed by atoms with Gasteiger partial charge in [0, 0.05) is 29.5 Å². The Kier molecular flexibility index (Phi) is 5.95. The maximum atomic E-state index is 13.4. The maximum Gasteiger partial charge on any atom is 0.434 e. The number of alkyl halides is 3. The average molecular weight is 445 g/mol. The molecule has 0 radical (unpaired) electrons. The van der Waals surface area contributed by atoms with Crippen molar-refractivity contribution >= 4 is 33.5 Å². The molecule has 1 aliphatic rings. The summed E-state index contributed by atoms with van der Waals surface area (Å²) in [4.78, 5) is 19.6. The molecule has 10 heteroatoms. The first-order valence-electron chi connectivity index (χ1n) is 8.19. The second kappa shape index (κ2) is 8.22. The van der Waals surface area contributed by atoms with Crippen molar-refractivity contribution in [3.05, 3.63) is 46.2 Å². The Morgan fingerprint density at radius 3 is 2.85 bits per heavy atom. The number of carbonyl (C=O) groups excluding carboxylic acids is 1. The lowest BCUT2D eigenvalue weighted by atomic mass is 10.2. The van der Waals surface area contributed by atoms with Gasteiger partial charge < -0.3 is 15.4 Å². The first-order valence-corrected chi connectivity index (χ1v) is 8.99. The molecule has 1 aromatic carbocycles. The van der Waals surface area contributed by atoms with E-state index in [0.717, 1.165) is 23.5 Å². The first-order chi connectivity index (χ1) is 12.8. The van der Waals surface area contributed by atoms with E-state index in [1.165, 1.54) is 0 Å². The van der Waals surface area contributed by atoms with E-state index in [1.54, 1.807) is 24.3 Å². The third-order valence-corrected chi connectivity index (χ3v) is 4.39. The molecular weight excluding hydrogens is 429 g/mol. The van der Waals surface area contributed by atoms with E-state index in [1.807, 2.05) is 0 Å². The lowest BCUT2D eigenvalue weighted by molar-refractivity contribution is -0.141. The molecule has 0 spiro atoms. The van der Waals surface area contributed by atoms with Crippen molar-refractivity contribution in [2.24, 2.45) is 0 Å². The van der Waals surface area contributed by atoms with Crippen LogP contribution >= 0.6 is 15.9 Å². The highest BCUT2D eigenvalue weighted by molar-refractivity contribution is 9.10. The smallest absolute Gasteiger partial charge is 0.376 e. The number of halogens is 4. The van der Waals surface area contributed by atoms with Crippen LogP contribution in [0.1, 0.15) is 28.9 Å². The molecule has 0 saturated carbocycles. The molecule has 1 fully saturated rings. The molecule has 0 aliphatic carbocycles. The fraction of sp³-hybridized carbons (Fsp3) is 0.353. The Balaban J connectivity index is 1.80. The van der Waals surface area contributed by atoms with Crippen LogP contribution in [-0.2, 0) is 10.9 Å². The monoisotopic (exact) mass is 444 g/mol. The molecule has 2 aromatic rings.